The highest BCUT2D eigenvalue weighted by Gasteiger charge is 2.35. The van der Waals surface area contributed by atoms with E-state index in [4.69, 9.17) is 5.73 Å². The lowest BCUT2D eigenvalue weighted by molar-refractivity contribution is -0.516. The number of anilines is 1. The molecule has 2 N–H and O–H groups in total. The van der Waals surface area contributed by atoms with Gasteiger partial charge in [0.05, 0.1) is 11.6 Å². The molecule has 1 aromatic heterocycles. The minimum absolute atomic E-state index is 0.142. The van der Waals surface area contributed by atoms with Crippen molar-refractivity contribution in [3.63, 3.8) is 0 Å². The summed E-state index contributed by atoms with van der Waals surface area (Å²) in [5.74, 6) is 0.154. The maximum atomic E-state index is 11.2. The smallest absolute Gasteiger partial charge is 0.239 e. The van der Waals surface area contributed by atoms with Crippen LogP contribution in [0.4, 0.5) is 5.95 Å². The minimum atomic E-state index is -0.664. The molecular formula is C15H19N5O2. The van der Waals surface area contributed by atoms with E-state index in [1.807, 2.05) is 19.9 Å². The summed E-state index contributed by atoms with van der Waals surface area (Å²) in [6.45, 7) is 5.39. The maximum absolute atomic E-state index is 11.2. The van der Waals surface area contributed by atoms with Gasteiger partial charge in [0.2, 0.25) is 12.0 Å². The van der Waals surface area contributed by atoms with Crippen LogP contribution < -0.4 is 5.73 Å². The van der Waals surface area contributed by atoms with Crippen molar-refractivity contribution in [3.05, 3.63) is 51.0 Å². The molecule has 7 nitrogen and oxygen atoms in total. The number of hydrogen-bond acceptors (Lipinski definition) is 6. The molecule has 0 saturated heterocycles. The van der Waals surface area contributed by atoms with E-state index >= 15 is 0 Å². The molecule has 7 heteroatoms. The van der Waals surface area contributed by atoms with Gasteiger partial charge in [0, 0.05) is 41.9 Å². The first-order chi connectivity index (χ1) is 10.5. The standard InChI is InChI=1S/C15H19N5O2/c1-9-3-4-13(20(21)22)10(2)14(9)19-6-5-12-11(8-19)7-17-15(16)18-12/h3-4,7,10,13H,5-6,8H2,1-2H3,(H2,16,17,18). The number of nitro groups is 1. The van der Waals surface area contributed by atoms with Crippen molar-refractivity contribution in [1.82, 2.24) is 14.9 Å². The second kappa shape index (κ2) is 5.40. The van der Waals surface area contributed by atoms with Crippen molar-refractivity contribution in [2.75, 3.05) is 12.3 Å². The van der Waals surface area contributed by atoms with Crippen LogP contribution in [0, 0.1) is 16.0 Å². The molecule has 0 bridgehead atoms. The number of rotatable bonds is 2. The summed E-state index contributed by atoms with van der Waals surface area (Å²) in [5.41, 5.74) is 9.78. The molecule has 2 aliphatic rings. The van der Waals surface area contributed by atoms with Gasteiger partial charge in [-0.05, 0) is 25.5 Å². The largest absolute Gasteiger partial charge is 0.369 e. The molecule has 2 atom stereocenters. The van der Waals surface area contributed by atoms with E-state index in [1.54, 1.807) is 12.3 Å². The fourth-order valence-corrected chi connectivity index (χ4v) is 3.34. The van der Waals surface area contributed by atoms with Crippen LogP contribution >= 0.6 is 0 Å². The van der Waals surface area contributed by atoms with E-state index in [0.717, 1.165) is 35.5 Å². The average Bonchev–Trinajstić information content (AvgIpc) is 2.47. The predicted molar refractivity (Wildman–Crippen MR) is 82.3 cm³/mol. The molecule has 1 aromatic rings. The Morgan fingerprint density at radius 2 is 2.27 bits per heavy atom. The highest BCUT2D eigenvalue weighted by atomic mass is 16.6. The molecule has 1 aliphatic heterocycles. The molecule has 3 rings (SSSR count). The molecule has 0 fully saturated rings. The van der Waals surface area contributed by atoms with Crippen LogP contribution in [0.5, 0.6) is 0 Å². The molecule has 116 valence electrons. The topological polar surface area (TPSA) is 98.2 Å². The van der Waals surface area contributed by atoms with E-state index in [0.29, 0.717) is 12.5 Å². The first kappa shape index (κ1) is 14.5. The zero-order valence-corrected chi connectivity index (χ0v) is 12.7. The second-order valence-corrected chi connectivity index (χ2v) is 5.86. The lowest BCUT2D eigenvalue weighted by Crippen LogP contribution is -2.39. The predicted octanol–water partition coefficient (Wildman–Crippen LogP) is 1.54. The number of nitrogens with two attached hydrogens (primary N) is 1. The molecule has 22 heavy (non-hydrogen) atoms. The third kappa shape index (κ3) is 2.43. The summed E-state index contributed by atoms with van der Waals surface area (Å²) < 4.78 is 0. The molecule has 0 amide bonds. The Balaban J connectivity index is 1.90. The Labute approximate surface area is 128 Å². The minimum Gasteiger partial charge on any atom is -0.369 e. The van der Waals surface area contributed by atoms with Crippen LogP contribution in [0.1, 0.15) is 25.1 Å². The van der Waals surface area contributed by atoms with Crippen molar-refractivity contribution in [1.29, 1.82) is 0 Å². The number of nitrogen functional groups attached to an aromatic ring is 1. The van der Waals surface area contributed by atoms with Gasteiger partial charge in [-0.1, -0.05) is 6.08 Å². The lowest BCUT2D eigenvalue weighted by atomic mass is 9.88. The van der Waals surface area contributed by atoms with Gasteiger partial charge in [0.1, 0.15) is 0 Å². The molecule has 2 heterocycles. The zero-order chi connectivity index (χ0) is 15.9. The van der Waals surface area contributed by atoms with Crippen molar-refractivity contribution in [2.24, 2.45) is 5.92 Å². The van der Waals surface area contributed by atoms with E-state index in [1.165, 1.54) is 0 Å². The summed E-state index contributed by atoms with van der Waals surface area (Å²) in [4.78, 5) is 21.5. The molecule has 0 radical (unpaired) electrons. The summed E-state index contributed by atoms with van der Waals surface area (Å²) in [7, 11) is 0. The van der Waals surface area contributed by atoms with Crippen LogP contribution in [0.2, 0.25) is 0 Å². The Hall–Kier alpha value is -2.44. The molecule has 0 aromatic carbocycles. The third-order valence-corrected chi connectivity index (χ3v) is 4.43. The fourth-order valence-electron chi connectivity index (χ4n) is 3.34. The zero-order valence-electron chi connectivity index (χ0n) is 12.7. The van der Waals surface area contributed by atoms with Gasteiger partial charge in [-0.15, -0.1) is 0 Å². The first-order valence-electron chi connectivity index (χ1n) is 7.35. The summed E-state index contributed by atoms with van der Waals surface area (Å²) in [5, 5.41) is 11.2. The Bertz CT molecular complexity index is 683. The Morgan fingerprint density at radius 3 is 3.00 bits per heavy atom. The van der Waals surface area contributed by atoms with E-state index < -0.39 is 6.04 Å². The number of fused-ring (bicyclic) bond motifs is 1. The normalized spacial score (nSPS) is 24.4. The van der Waals surface area contributed by atoms with Gasteiger partial charge in [0.15, 0.2) is 0 Å². The van der Waals surface area contributed by atoms with E-state index in [-0.39, 0.29) is 10.8 Å². The van der Waals surface area contributed by atoms with E-state index in [9.17, 15) is 10.1 Å². The second-order valence-electron chi connectivity index (χ2n) is 5.86. The number of nitrogens with zero attached hydrogens (tertiary/aromatic N) is 4. The highest BCUT2D eigenvalue weighted by Crippen LogP contribution is 2.32. The molecule has 0 spiro atoms. The van der Waals surface area contributed by atoms with Gasteiger partial charge < -0.3 is 10.6 Å². The molecular weight excluding hydrogens is 282 g/mol. The molecule has 1 aliphatic carbocycles. The van der Waals surface area contributed by atoms with Crippen LogP contribution in [0.3, 0.4) is 0 Å². The van der Waals surface area contributed by atoms with Gasteiger partial charge in [-0.2, -0.15) is 0 Å². The van der Waals surface area contributed by atoms with Crippen molar-refractivity contribution < 1.29 is 4.92 Å². The lowest BCUT2D eigenvalue weighted by Gasteiger charge is -2.37. The Kier molecular flexibility index (Phi) is 3.56. The number of allylic oxidation sites excluding steroid dienone is 2. The summed E-state index contributed by atoms with van der Waals surface area (Å²) >= 11 is 0. The van der Waals surface area contributed by atoms with Crippen molar-refractivity contribution >= 4 is 5.95 Å². The van der Waals surface area contributed by atoms with Gasteiger partial charge >= 0.3 is 0 Å². The summed E-state index contributed by atoms with van der Waals surface area (Å²) in [6.07, 6.45) is 6.08. The van der Waals surface area contributed by atoms with Crippen LogP contribution in [-0.4, -0.2) is 32.4 Å². The quantitative estimate of drug-likeness (QED) is 0.657. The first-order valence-corrected chi connectivity index (χ1v) is 7.35. The van der Waals surface area contributed by atoms with Gasteiger partial charge in [-0.25, -0.2) is 9.97 Å². The van der Waals surface area contributed by atoms with Crippen LogP contribution in [0.25, 0.3) is 0 Å². The third-order valence-electron chi connectivity index (χ3n) is 4.43. The fraction of sp³-hybridized carbons (Fsp3) is 0.467. The molecule has 2 unspecified atom stereocenters. The van der Waals surface area contributed by atoms with Crippen molar-refractivity contribution in [3.8, 4) is 0 Å². The summed E-state index contributed by atoms with van der Waals surface area (Å²) in [6, 6.07) is -0.664. The average molecular weight is 301 g/mol. The van der Waals surface area contributed by atoms with Crippen LogP contribution in [0.15, 0.2) is 29.6 Å². The van der Waals surface area contributed by atoms with Crippen molar-refractivity contribution in [2.45, 2.75) is 32.9 Å². The monoisotopic (exact) mass is 301 g/mol. The Morgan fingerprint density at radius 1 is 1.50 bits per heavy atom. The highest BCUT2D eigenvalue weighted by molar-refractivity contribution is 5.34. The van der Waals surface area contributed by atoms with Gasteiger partial charge in [-0.3, -0.25) is 10.1 Å². The molecule has 0 saturated carbocycles. The van der Waals surface area contributed by atoms with E-state index in [2.05, 4.69) is 14.9 Å². The van der Waals surface area contributed by atoms with Crippen LogP contribution in [-0.2, 0) is 13.0 Å². The SMILES string of the molecule is CC1=C(N2CCc3nc(N)ncc3C2)C(C)C([N+](=O)[O-])C=C1. The number of aromatic nitrogens is 2. The number of hydrogen-bond donors (Lipinski definition) is 1. The van der Waals surface area contributed by atoms with Gasteiger partial charge in [0.25, 0.3) is 0 Å². The maximum Gasteiger partial charge on any atom is 0.239 e.